The summed E-state index contributed by atoms with van der Waals surface area (Å²) in [7, 11) is 2.95. The Morgan fingerprint density at radius 1 is 1.40 bits per heavy atom. The van der Waals surface area contributed by atoms with Crippen LogP contribution in [0.3, 0.4) is 0 Å². The van der Waals surface area contributed by atoms with E-state index in [1.54, 1.807) is 25.3 Å². The van der Waals surface area contributed by atoms with Gasteiger partial charge in [-0.2, -0.15) is 5.26 Å². The van der Waals surface area contributed by atoms with E-state index in [2.05, 4.69) is 10.8 Å². The van der Waals surface area contributed by atoms with Gasteiger partial charge in [-0.1, -0.05) is 17.7 Å². The summed E-state index contributed by atoms with van der Waals surface area (Å²) in [5.41, 5.74) is 1.09. The van der Waals surface area contributed by atoms with Gasteiger partial charge in [0, 0.05) is 20.2 Å². The first-order valence-corrected chi connectivity index (χ1v) is 6.51. The minimum Gasteiger partial charge on any atom is -0.469 e. The van der Waals surface area contributed by atoms with E-state index in [4.69, 9.17) is 16.3 Å². The lowest BCUT2D eigenvalue weighted by Crippen LogP contribution is -2.30. The Bertz CT molecular complexity index is 500. The topological polar surface area (TPSA) is 62.6 Å². The fourth-order valence-corrected chi connectivity index (χ4v) is 1.98. The van der Waals surface area contributed by atoms with Crippen molar-refractivity contribution in [1.29, 1.82) is 5.26 Å². The second-order valence-corrected chi connectivity index (χ2v) is 4.46. The molecule has 0 radical (unpaired) electrons. The second kappa shape index (κ2) is 8.41. The minimum absolute atomic E-state index is 0.234. The van der Waals surface area contributed by atoms with Crippen LogP contribution in [0.5, 0.6) is 0 Å². The third kappa shape index (κ3) is 4.41. The highest BCUT2D eigenvalue weighted by Crippen LogP contribution is 2.26. The molecule has 0 N–H and O–H groups in total. The molecule has 5 nitrogen and oxygen atoms in total. The Hall–Kier alpha value is -1.77. The molecular formula is C14H17ClN2O3. The number of rotatable bonds is 7. The third-order valence-corrected chi connectivity index (χ3v) is 3.14. The number of nitrogens with zero attached hydrogens (tertiary/aromatic N) is 2. The zero-order chi connectivity index (χ0) is 15.0. The van der Waals surface area contributed by atoms with Gasteiger partial charge in [0.2, 0.25) is 0 Å². The van der Waals surface area contributed by atoms with E-state index in [1.807, 2.05) is 4.90 Å². The Morgan fingerprint density at radius 3 is 2.75 bits per heavy atom. The van der Waals surface area contributed by atoms with Crippen LogP contribution in [0.15, 0.2) is 18.2 Å². The molecule has 0 heterocycles. The van der Waals surface area contributed by atoms with Crippen LogP contribution in [0, 0.1) is 11.3 Å². The highest BCUT2D eigenvalue weighted by atomic mass is 35.5. The molecular weight excluding hydrogens is 280 g/mol. The quantitative estimate of drug-likeness (QED) is 0.722. The molecule has 0 aliphatic heterocycles. The zero-order valence-corrected chi connectivity index (χ0v) is 12.3. The first-order chi connectivity index (χ1) is 9.63. The van der Waals surface area contributed by atoms with Gasteiger partial charge in [-0.3, -0.25) is 4.79 Å². The van der Waals surface area contributed by atoms with Crippen LogP contribution < -0.4 is 4.90 Å². The Balaban J connectivity index is 2.95. The summed E-state index contributed by atoms with van der Waals surface area (Å²) in [5, 5.41) is 9.61. The number of hydrogen-bond donors (Lipinski definition) is 0. The summed E-state index contributed by atoms with van der Waals surface area (Å²) in [6.07, 6.45) is 0.234. The average Bonchev–Trinajstić information content (AvgIpc) is 2.46. The number of nitriles is 1. The van der Waals surface area contributed by atoms with Crippen LogP contribution in [-0.2, 0) is 14.3 Å². The molecule has 6 heteroatoms. The summed E-state index contributed by atoms with van der Waals surface area (Å²) < 4.78 is 9.69. The number of benzene rings is 1. The molecule has 20 heavy (non-hydrogen) atoms. The van der Waals surface area contributed by atoms with E-state index in [1.165, 1.54) is 7.11 Å². The second-order valence-electron chi connectivity index (χ2n) is 4.05. The normalized spacial score (nSPS) is 9.90. The Kier molecular flexibility index (Phi) is 6.85. The summed E-state index contributed by atoms with van der Waals surface area (Å²) in [5.74, 6) is -0.298. The maximum atomic E-state index is 11.3. The highest BCUT2D eigenvalue weighted by Gasteiger charge is 2.15. The van der Waals surface area contributed by atoms with Gasteiger partial charge >= 0.3 is 5.97 Å². The van der Waals surface area contributed by atoms with Gasteiger partial charge in [0.15, 0.2) is 0 Å². The fourth-order valence-electron chi connectivity index (χ4n) is 1.77. The molecule has 0 aliphatic rings. The molecule has 0 unspecified atom stereocenters. The van der Waals surface area contributed by atoms with Crippen LogP contribution >= 0.6 is 11.6 Å². The largest absolute Gasteiger partial charge is 0.469 e. The first kappa shape index (κ1) is 16.3. The Labute approximate surface area is 123 Å². The SMILES string of the molecule is COCCN(CCC(=O)OC)c1cccc(Cl)c1C#N. The molecule has 1 rings (SSSR count). The number of hydrogen-bond acceptors (Lipinski definition) is 5. The fraction of sp³-hybridized carbons (Fsp3) is 0.429. The lowest BCUT2D eigenvalue weighted by atomic mass is 10.1. The molecule has 0 aromatic heterocycles. The standard InChI is InChI=1S/C14H17ClN2O3/c1-19-9-8-17(7-6-14(18)20-2)13-5-3-4-12(15)11(13)10-16/h3-5H,6-9H2,1-2H3. The van der Waals surface area contributed by atoms with E-state index in [0.717, 1.165) is 0 Å². The van der Waals surface area contributed by atoms with Crippen molar-refractivity contribution in [3.05, 3.63) is 28.8 Å². The predicted octanol–water partition coefficient (Wildman–Crippen LogP) is 2.23. The van der Waals surface area contributed by atoms with E-state index >= 15 is 0 Å². The van der Waals surface area contributed by atoms with Crippen molar-refractivity contribution in [2.75, 3.05) is 38.8 Å². The number of halogens is 1. The Morgan fingerprint density at radius 2 is 2.15 bits per heavy atom. The van der Waals surface area contributed by atoms with Crippen LogP contribution in [0.25, 0.3) is 0 Å². The summed E-state index contributed by atoms with van der Waals surface area (Å²) in [6.45, 7) is 1.48. The average molecular weight is 297 g/mol. The third-order valence-electron chi connectivity index (χ3n) is 2.82. The molecule has 0 aliphatic carbocycles. The van der Waals surface area contributed by atoms with Gasteiger partial charge in [0.05, 0.1) is 36.4 Å². The summed E-state index contributed by atoms with van der Waals surface area (Å²) in [6, 6.07) is 7.33. The monoisotopic (exact) mass is 296 g/mol. The summed E-state index contributed by atoms with van der Waals surface area (Å²) >= 11 is 6.03. The summed E-state index contributed by atoms with van der Waals surface area (Å²) in [4.78, 5) is 13.2. The molecule has 1 aromatic rings. The zero-order valence-electron chi connectivity index (χ0n) is 11.6. The number of anilines is 1. The molecule has 0 saturated carbocycles. The minimum atomic E-state index is -0.298. The number of carbonyl (C=O) groups is 1. The van der Waals surface area contributed by atoms with E-state index in [-0.39, 0.29) is 12.4 Å². The lowest BCUT2D eigenvalue weighted by Gasteiger charge is -2.25. The van der Waals surface area contributed by atoms with E-state index < -0.39 is 0 Å². The van der Waals surface area contributed by atoms with E-state index in [9.17, 15) is 10.1 Å². The molecule has 1 aromatic carbocycles. The highest BCUT2D eigenvalue weighted by molar-refractivity contribution is 6.32. The number of methoxy groups -OCH3 is 2. The van der Waals surface area contributed by atoms with Gasteiger partial charge in [0.25, 0.3) is 0 Å². The van der Waals surface area contributed by atoms with Gasteiger partial charge in [0.1, 0.15) is 6.07 Å². The molecule has 0 saturated heterocycles. The smallest absolute Gasteiger partial charge is 0.307 e. The molecule has 0 amide bonds. The van der Waals surface area contributed by atoms with Crippen molar-refractivity contribution in [3.63, 3.8) is 0 Å². The van der Waals surface area contributed by atoms with Crippen LogP contribution in [0.4, 0.5) is 5.69 Å². The molecule has 0 spiro atoms. The van der Waals surface area contributed by atoms with Crippen molar-refractivity contribution < 1.29 is 14.3 Å². The van der Waals surface area contributed by atoms with Crippen molar-refractivity contribution in [3.8, 4) is 6.07 Å². The maximum Gasteiger partial charge on any atom is 0.307 e. The molecule has 0 fully saturated rings. The number of carbonyl (C=O) groups excluding carboxylic acids is 1. The molecule has 108 valence electrons. The van der Waals surface area contributed by atoms with Crippen molar-refractivity contribution in [2.24, 2.45) is 0 Å². The van der Waals surface area contributed by atoms with Crippen molar-refractivity contribution in [1.82, 2.24) is 0 Å². The predicted molar refractivity (Wildman–Crippen MR) is 76.9 cm³/mol. The first-order valence-electron chi connectivity index (χ1n) is 6.13. The van der Waals surface area contributed by atoms with Gasteiger partial charge < -0.3 is 14.4 Å². The van der Waals surface area contributed by atoms with Crippen LogP contribution in [-0.4, -0.2) is 39.9 Å². The van der Waals surface area contributed by atoms with Crippen LogP contribution in [0.2, 0.25) is 5.02 Å². The molecule has 0 bridgehead atoms. The number of esters is 1. The van der Waals surface area contributed by atoms with Gasteiger partial charge in [-0.15, -0.1) is 0 Å². The van der Waals surface area contributed by atoms with Gasteiger partial charge in [-0.25, -0.2) is 0 Å². The lowest BCUT2D eigenvalue weighted by molar-refractivity contribution is -0.140. The van der Waals surface area contributed by atoms with E-state index in [0.29, 0.717) is 36.0 Å². The van der Waals surface area contributed by atoms with Crippen molar-refractivity contribution in [2.45, 2.75) is 6.42 Å². The van der Waals surface area contributed by atoms with Crippen molar-refractivity contribution >= 4 is 23.3 Å². The number of ether oxygens (including phenoxy) is 2. The molecule has 0 atom stereocenters. The van der Waals surface area contributed by atoms with Crippen LogP contribution in [0.1, 0.15) is 12.0 Å². The van der Waals surface area contributed by atoms with Gasteiger partial charge in [-0.05, 0) is 12.1 Å². The maximum absolute atomic E-state index is 11.3.